The molecule has 1 unspecified atom stereocenters. The summed E-state index contributed by atoms with van der Waals surface area (Å²) in [5, 5.41) is 11.6. The van der Waals surface area contributed by atoms with Crippen LogP contribution >= 0.6 is 0 Å². The van der Waals surface area contributed by atoms with Crippen LogP contribution in [-0.4, -0.2) is 36.2 Å². The van der Waals surface area contributed by atoms with Crippen LogP contribution in [0.15, 0.2) is 0 Å². The van der Waals surface area contributed by atoms with Gasteiger partial charge in [0.1, 0.15) is 0 Å². The van der Waals surface area contributed by atoms with E-state index < -0.39 is 24.0 Å². The monoisotopic (exact) mass is 245 g/mol. The van der Waals surface area contributed by atoms with Crippen molar-refractivity contribution in [3.8, 4) is 0 Å². The maximum atomic E-state index is 12.0. The lowest BCUT2D eigenvalue weighted by molar-refractivity contribution is -0.149. The number of amides is 1. The highest BCUT2D eigenvalue weighted by atomic mass is 16.5. The summed E-state index contributed by atoms with van der Waals surface area (Å²) in [5.74, 6) is -0.826. The van der Waals surface area contributed by atoms with Gasteiger partial charge >= 0.3 is 5.97 Å². The number of carbonyl (C=O) groups excluding carboxylic acids is 2. The second-order valence-corrected chi connectivity index (χ2v) is 4.23. The lowest BCUT2D eigenvalue weighted by Crippen LogP contribution is -2.49. The van der Waals surface area contributed by atoms with Crippen LogP contribution in [0.4, 0.5) is 0 Å². The van der Waals surface area contributed by atoms with E-state index in [0.717, 1.165) is 0 Å². The number of aliphatic hydroxyl groups is 1. The largest absolute Gasteiger partial charge is 0.464 e. The number of hydrogen-bond acceptors (Lipinski definition) is 4. The molecule has 1 amide bonds. The molecule has 0 fully saturated rings. The maximum absolute atomic E-state index is 12.0. The fourth-order valence-corrected chi connectivity index (χ4v) is 1.33. The van der Waals surface area contributed by atoms with Gasteiger partial charge in [-0.1, -0.05) is 20.8 Å². The van der Waals surface area contributed by atoms with Crippen molar-refractivity contribution < 1.29 is 19.4 Å². The first-order valence-corrected chi connectivity index (χ1v) is 6.03. The van der Waals surface area contributed by atoms with Crippen molar-refractivity contribution in [2.75, 3.05) is 13.2 Å². The Balaban J connectivity index is 4.57. The number of nitrogens with one attached hydrogen (secondary N) is 1. The van der Waals surface area contributed by atoms with Gasteiger partial charge in [-0.2, -0.15) is 0 Å². The first kappa shape index (κ1) is 15.9. The first-order valence-electron chi connectivity index (χ1n) is 6.03. The molecule has 0 aliphatic heterocycles. The van der Waals surface area contributed by atoms with Crippen molar-refractivity contribution in [2.24, 2.45) is 5.41 Å². The Labute approximate surface area is 103 Å². The summed E-state index contributed by atoms with van der Waals surface area (Å²) in [7, 11) is 0. The topological polar surface area (TPSA) is 75.6 Å². The smallest absolute Gasteiger partial charge is 0.331 e. The third-order valence-electron chi connectivity index (χ3n) is 3.17. The summed E-state index contributed by atoms with van der Waals surface area (Å²) in [5.41, 5.74) is -0.514. The number of esters is 1. The molecule has 2 N–H and O–H groups in total. The minimum Gasteiger partial charge on any atom is -0.464 e. The molecule has 1 atom stereocenters. The Morgan fingerprint density at radius 1 is 1.29 bits per heavy atom. The molecule has 5 nitrogen and oxygen atoms in total. The SMILES string of the molecule is CCOC(=O)C(CO)NC(=O)C(C)(CC)CC. The zero-order chi connectivity index (χ0) is 13.5. The van der Waals surface area contributed by atoms with Gasteiger partial charge in [0.25, 0.3) is 0 Å². The second-order valence-electron chi connectivity index (χ2n) is 4.23. The van der Waals surface area contributed by atoms with Crippen molar-refractivity contribution in [1.29, 1.82) is 0 Å². The van der Waals surface area contributed by atoms with E-state index >= 15 is 0 Å². The van der Waals surface area contributed by atoms with Crippen molar-refractivity contribution >= 4 is 11.9 Å². The van der Waals surface area contributed by atoms with E-state index in [9.17, 15) is 9.59 Å². The van der Waals surface area contributed by atoms with Gasteiger partial charge in [0.2, 0.25) is 5.91 Å². The Kier molecular flexibility index (Phi) is 6.80. The predicted octanol–water partition coefficient (Wildman–Crippen LogP) is 0.853. The Morgan fingerprint density at radius 2 is 1.82 bits per heavy atom. The van der Waals surface area contributed by atoms with Gasteiger partial charge in [-0.3, -0.25) is 4.79 Å². The van der Waals surface area contributed by atoms with Crippen LogP contribution in [0.3, 0.4) is 0 Å². The van der Waals surface area contributed by atoms with Gasteiger partial charge < -0.3 is 15.2 Å². The fraction of sp³-hybridized carbons (Fsp3) is 0.833. The quantitative estimate of drug-likeness (QED) is 0.652. The number of ether oxygens (including phenoxy) is 1. The zero-order valence-corrected chi connectivity index (χ0v) is 11.1. The predicted molar refractivity (Wildman–Crippen MR) is 64.3 cm³/mol. The lowest BCUT2D eigenvalue weighted by Gasteiger charge is -2.27. The Hall–Kier alpha value is -1.10. The summed E-state index contributed by atoms with van der Waals surface area (Å²) >= 11 is 0. The molecule has 5 heteroatoms. The summed E-state index contributed by atoms with van der Waals surface area (Å²) in [6.07, 6.45) is 1.35. The van der Waals surface area contributed by atoms with Crippen LogP contribution in [0.25, 0.3) is 0 Å². The molecule has 0 aromatic carbocycles. The van der Waals surface area contributed by atoms with Gasteiger partial charge in [0.15, 0.2) is 6.04 Å². The lowest BCUT2D eigenvalue weighted by atomic mass is 9.83. The third kappa shape index (κ3) is 4.34. The number of aliphatic hydroxyl groups excluding tert-OH is 1. The highest BCUT2D eigenvalue weighted by Gasteiger charge is 2.32. The Morgan fingerprint density at radius 3 is 2.18 bits per heavy atom. The molecule has 0 aromatic rings. The minimum absolute atomic E-state index is 0.226. The molecule has 0 saturated heterocycles. The molecule has 100 valence electrons. The first-order chi connectivity index (χ1) is 7.95. The average molecular weight is 245 g/mol. The van der Waals surface area contributed by atoms with Gasteiger partial charge in [-0.15, -0.1) is 0 Å². The summed E-state index contributed by atoms with van der Waals surface area (Å²) < 4.78 is 4.76. The zero-order valence-electron chi connectivity index (χ0n) is 11.1. The molecule has 0 rings (SSSR count). The molecular formula is C12H23NO4. The summed E-state index contributed by atoms with van der Waals surface area (Å²) in [4.78, 5) is 23.4. The van der Waals surface area contributed by atoms with Crippen LogP contribution < -0.4 is 5.32 Å². The Bertz CT molecular complexity index is 261. The van der Waals surface area contributed by atoms with E-state index in [2.05, 4.69) is 5.32 Å². The normalized spacial score (nSPS) is 13.0. The van der Waals surface area contributed by atoms with Crippen LogP contribution in [0, 0.1) is 5.41 Å². The van der Waals surface area contributed by atoms with Crippen LogP contribution in [0.1, 0.15) is 40.5 Å². The van der Waals surface area contributed by atoms with Crippen molar-refractivity contribution in [2.45, 2.75) is 46.6 Å². The van der Waals surface area contributed by atoms with Crippen molar-refractivity contribution in [1.82, 2.24) is 5.32 Å². The molecule has 0 aliphatic rings. The molecule has 0 saturated carbocycles. The highest BCUT2D eigenvalue weighted by Crippen LogP contribution is 2.25. The maximum Gasteiger partial charge on any atom is 0.331 e. The van der Waals surface area contributed by atoms with Crippen molar-refractivity contribution in [3.05, 3.63) is 0 Å². The molecule has 0 radical (unpaired) electrons. The van der Waals surface area contributed by atoms with Gasteiger partial charge in [-0.05, 0) is 19.8 Å². The molecular weight excluding hydrogens is 222 g/mol. The van der Waals surface area contributed by atoms with E-state index in [1.54, 1.807) is 6.92 Å². The minimum atomic E-state index is -0.972. The standard InChI is InChI=1S/C12H23NO4/c1-5-12(4,6-2)11(16)13-9(8-14)10(15)17-7-3/h9,14H,5-8H2,1-4H3,(H,13,16). The van der Waals surface area contributed by atoms with Crippen molar-refractivity contribution in [3.63, 3.8) is 0 Å². The fourth-order valence-electron chi connectivity index (χ4n) is 1.33. The van der Waals surface area contributed by atoms with Gasteiger partial charge in [0, 0.05) is 5.41 Å². The van der Waals surface area contributed by atoms with E-state index in [0.29, 0.717) is 12.8 Å². The second kappa shape index (κ2) is 7.27. The highest BCUT2D eigenvalue weighted by molar-refractivity contribution is 5.87. The molecule has 0 spiro atoms. The van der Waals surface area contributed by atoms with Crippen LogP contribution in [0.5, 0.6) is 0 Å². The van der Waals surface area contributed by atoms with E-state index in [1.165, 1.54) is 0 Å². The van der Waals surface area contributed by atoms with E-state index in [1.807, 2.05) is 20.8 Å². The average Bonchev–Trinajstić information content (AvgIpc) is 2.34. The number of hydrogen-bond donors (Lipinski definition) is 2. The molecule has 0 aliphatic carbocycles. The van der Waals surface area contributed by atoms with E-state index in [-0.39, 0.29) is 12.5 Å². The number of carbonyl (C=O) groups is 2. The number of rotatable bonds is 7. The third-order valence-corrected chi connectivity index (χ3v) is 3.17. The molecule has 0 bridgehead atoms. The summed E-state index contributed by atoms with van der Waals surface area (Å²) in [6, 6.07) is -0.972. The molecule has 0 heterocycles. The molecule has 0 aromatic heterocycles. The molecule has 17 heavy (non-hydrogen) atoms. The van der Waals surface area contributed by atoms with E-state index in [4.69, 9.17) is 9.84 Å². The van der Waals surface area contributed by atoms with Crippen LogP contribution in [0.2, 0.25) is 0 Å². The summed E-state index contributed by atoms with van der Waals surface area (Å²) in [6.45, 7) is 7.12. The van der Waals surface area contributed by atoms with Crippen LogP contribution in [-0.2, 0) is 14.3 Å². The van der Waals surface area contributed by atoms with Gasteiger partial charge in [-0.25, -0.2) is 4.79 Å². The van der Waals surface area contributed by atoms with Gasteiger partial charge in [0.05, 0.1) is 13.2 Å².